The van der Waals surface area contributed by atoms with Crippen molar-refractivity contribution >= 4 is 17.5 Å². The standard InChI is InChI=1S/C19H23NO5/c1-11(2)25-16-5-4-12(6-15(16)10-20)13-7-14(17(21)22)9-19(3,8-13)18(23)24/h4-8,11H,9-10,20H2,1-3H3,(H,21,22)(H,23,24). The molecule has 25 heavy (non-hydrogen) atoms. The van der Waals surface area contributed by atoms with E-state index in [9.17, 15) is 19.8 Å². The molecule has 0 saturated heterocycles. The van der Waals surface area contributed by atoms with Gasteiger partial charge >= 0.3 is 11.9 Å². The monoisotopic (exact) mass is 345 g/mol. The van der Waals surface area contributed by atoms with Crippen molar-refractivity contribution in [1.82, 2.24) is 0 Å². The number of ether oxygens (including phenoxy) is 1. The van der Waals surface area contributed by atoms with Gasteiger partial charge < -0.3 is 20.7 Å². The van der Waals surface area contributed by atoms with Gasteiger partial charge in [0.1, 0.15) is 5.75 Å². The summed E-state index contributed by atoms with van der Waals surface area (Å²) in [6.07, 6.45) is 3.06. The number of rotatable bonds is 6. The minimum atomic E-state index is -1.27. The summed E-state index contributed by atoms with van der Waals surface area (Å²) in [4.78, 5) is 23.0. The number of hydrogen-bond donors (Lipinski definition) is 3. The fraction of sp³-hybridized carbons (Fsp3) is 0.368. The first-order chi connectivity index (χ1) is 11.7. The van der Waals surface area contributed by atoms with Gasteiger partial charge in [-0.3, -0.25) is 4.79 Å². The molecule has 1 aliphatic carbocycles. The lowest BCUT2D eigenvalue weighted by atomic mass is 9.76. The Bertz CT molecular complexity index is 763. The van der Waals surface area contributed by atoms with Gasteiger partial charge in [0.05, 0.1) is 11.5 Å². The molecule has 0 saturated carbocycles. The van der Waals surface area contributed by atoms with E-state index in [0.29, 0.717) is 16.9 Å². The molecule has 134 valence electrons. The molecule has 1 atom stereocenters. The summed E-state index contributed by atoms with van der Waals surface area (Å²) in [5, 5.41) is 18.8. The molecule has 0 fully saturated rings. The van der Waals surface area contributed by atoms with Crippen molar-refractivity contribution in [1.29, 1.82) is 0 Å². The third-order valence-electron chi connectivity index (χ3n) is 4.10. The van der Waals surface area contributed by atoms with Crippen molar-refractivity contribution in [2.24, 2.45) is 11.1 Å². The van der Waals surface area contributed by atoms with Crippen LogP contribution in [0.5, 0.6) is 5.75 Å². The molecule has 0 aromatic heterocycles. The molecular formula is C19H23NO5. The average Bonchev–Trinajstić information content (AvgIpc) is 2.54. The highest BCUT2D eigenvalue weighted by atomic mass is 16.5. The molecule has 6 nitrogen and oxygen atoms in total. The smallest absolute Gasteiger partial charge is 0.331 e. The molecule has 0 bridgehead atoms. The van der Waals surface area contributed by atoms with Crippen LogP contribution in [0.3, 0.4) is 0 Å². The van der Waals surface area contributed by atoms with E-state index < -0.39 is 17.4 Å². The molecule has 1 aliphatic rings. The minimum absolute atomic E-state index is 0.00106. The molecule has 1 unspecified atom stereocenters. The number of carboxylic acid groups (broad SMARTS) is 2. The molecule has 2 rings (SSSR count). The van der Waals surface area contributed by atoms with Crippen LogP contribution in [0.4, 0.5) is 0 Å². The van der Waals surface area contributed by atoms with Gasteiger partial charge in [-0.2, -0.15) is 0 Å². The van der Waals surface area contributed by atoms with Crippen molar-refractivity contribution in [2.75, 3.05) is 0 Å². The van der Waals surface area contributed by atoms with Crippen LogP contribution < -0.4 is 10.5 Å². The maximum atomic E-state index is 11.6. The summed E-state index contributed by atoms with van der Waals surface area (Å²) in [6.45, 7) is 5.61. The Morgan fingerprint density at radius 1 is 1.32 bits per heavy atom. The van der Waals surface area contributed by atoms with Crippen LogP contribution in [0.2, 0.25) is 0 Å². The highest BCUT2D eigenvalue weighted by Crippen LogP contribution is 2.38. The Morgan fingerprint density at radius 3 is 2.52 bits per heavy atom. The third kappa shape index (κ3) is 4.09. The van der Waals surface area contributed by atoms with Crippen LogP contribution in [0.15, 0.2) is 35.9 Å². The summed E-state index contributed by atoms with van der Waals surface area (Å²) in [7, 11) is 0. The first-order valence-corrected chi connectivity index (χ1v) is 8.06. The molecule has 6 heteroatoms. The molecule has 1 aromatic rings. The average molecular weight is 345 g/mol. The molecule has 0 amide bonds. The molecule has 0 radical (unpaired) electrons. The van der Waals surface area contributed by atoms with Gasteiger partial charge in [-0.15, -0.1) is 0 Å². The number of allylic oxidation sites excluding steroid dienone is 2. The summed E-state index contributed by atoms with van der Waals surface area (Å²) >= 11 is 0. The summed E-state index contributed by atoms with van der Waals surface area (Å²) in [5.74, 6) is -1.51. The van der Waals surface area contributed by atoms with Crippen molar-refractivity contribution in [3.05, 3.63) is 47.1 Å². The molecule has 0 heterocycles. The number of hydrogen-bond acceptors (Lipinski definition) is 4. The number of carboxylic acids is 2. The molecule has 4 N–H and O–H groups in total. The van der Waals surface area contributed by atoms with E-state index in [1.165, 1.54) is 13.0 Å². The van der Waals surface area contributed by atoms with Crippen molar-refractivity contribution < 1.29 is 24.5 Å². The van der Waals surface area contributed by atoms with Crippen molar-refractivity contribution in [3.63, 3.8) is 0 Å². The summed E-state index contributed by atoms with van der Waals surface area (Å²) in [6, 6.07) is 5.37. The van der Waals surface area contributed by atoms with Crippen molar-refractivity contribution in [3.8, 4) is 5.75 Å². The second-order valence-electron chi connectivity index (χ2n) is 6.67. The predicted molar refractivity (Wildman–Crippen MR) is 94.2 cm³/mol. The van der Waals surface area contributed by atoms with Crippen LogP contribution in [0, 0.1) is 5.41 Å². The second-order valence-corrected chi connectivity index (χ2v) is 6.67. The Balaban J connectivity index is 2.52. The maximum absolute atomic E-state index is 11.6. The quantitative estimate of drug-likeness (QED) is 0.731. The first kappa shape index (κ1) is 18.7. The van der Waals surface area contributed by atoms with Gasteiger partial charge in [-0.05, 0) is 56.5 Å². The molecule has 0 aliphatic heterocycles. The van der Waals surface area contributed by atoms with Crippen LogP contribution in [0.25, 0.3) is 5.57 Å². The van der Waals surface area contributed by atoms with E-state index in [0.717, 1.165) is 5.56 Å². The predicted octanol–water partition coefficient (Wildman–Crippen LogP) is 2.82. The maximum Gasteiger partial charge on any atom is 0.331 e. The van der Waals surface area contributed by atoms with Gasteiger partial charge in [0.15, 0.2) is 0 Å². The molecule has 1 aromatic carbocycles. The van der Waals surface area contributed by atoms with Crippen LogP contribution in [-0.4, -0.2) is 28.3 Å². The van der Waals surface area contributed by atoms with E-state index in [-0.39, 0.29) is 24.6 Å². The fourth-order valence-corrected chi connectivity index (χ4v) is 2.80. The molecular weight excluding hydrogens is 322 g/mol. The van der Waals surface area contributed by atoms with Gasteiger partial charge in [0.2, 0.25) is 0 Å². The highest BCUT2D eigenvalue weighted by molar-refractivity contribution is 5.96. The Kier molecular flexibility index (Phi) is 5.33. The zero-order valence-corrected chi connectivity index (χ0v) is 14.6. The van der Waals surface area contributed by atoms with E-state index in [2.05, 4.69) is 0 Å². The fourth-order valence-electron chi connectivity index (χ4n) is 2.80. The van der Waals surface area contributed by atoms with Crippen LogP contribution in [0.1, 0.15) is 38.3 Å². The lowest BCUT2D eigenvalue weighted by molar-refractivity contribution is -0.145. The zero-order chi connectivity index (χ0) is 18.8. The van der Waals surface area contributed by atoms with Crippen molar-refractivity contribution in [2.45, 2.75) is 39.8 Å². The van der Waals surface area contributed by atoms with Gasteiger partial charge in [-0.1, -0.05) is 12.1 Å². The van der Waals surface area contributed by atoms with E-state index in [1.54, 1.807) is 18.2 Å². The van der Waals surface area contributed by atoms with E-state index in [4.69, 9.17) is 10.5 Å². The SMILES string of the molecule is CC(C)Oc1ccc(C2=CC(C)(C(=O)O)CC(C(=O)O)=C2)cc1CN. The van der Waals surface area contributed by atoms with E-state index in [1.807, 2.05) is 19.9 Å². The Hall–Kier alpha value is -2.60. The lowest BCUT2D eigenvalue weighted by Crippen LogP contribution is -2.29. The zero-order valence-electron chi connectivity index (χ0n) is 14.6. The topological polar surface area (TPSA) is 110 Å². The molecule has 0 spiro atoms. The normalized spacial score (nSPS) is 20.0. The van der Waals surface area contributed by atoms with Gasteiger partial charge in [0, 0.05) is 17.7 Å². The van der Waals surface area contributed by atoms with E-state index >= 15 is 0 Å². The lowest BCUT2D eigenvalue weighted by Gasteiger charge is -2.27. The number of nitrogens with two attached hydrogens (primary N) is 1. The first-order valence-electron chi connectivity index (χ1n) is 8.06. The van der Waals surface area contributed by atoms with Gasteiger partial charge in [0.25, 0.3) is 0 Å². The largest absolute Gasteiger partial charge is 0.491 e. The van der Waals surface area contributed by atoms with Crippen LogP contribution in [-0.2, 0) is 16.1 Å². The Labute approximate surface area is 146 Å². The Morgan fingerprint density at radius 2 is 2.00 bits per heavy atom. The van der Waals surface area contributed by atoms with Crippen LogP contribution >= 0.6 is 0 Å². The summed E-state index contributed by atoms with van der Waals surface area (Å²) in [5.41, 5.74) is 6.64. The second kappa shape index (κ2) is 7.11. The summed E-state index contributed by atoms with van der Waals surface area (Å²) < 4.78 is 5.71. The minimum Gasteiger partial charge on any atom is -0.491 e. The number of aliphatic carboxylic acids is 2. The van der Waals surface area contributed by atoms with Gasteiger partial charge in [-0.25, -0.2) is 4.79 Å². The number of benzene rings is 1. The number of carbonyl (C=O) groups is 2. The highest BCUT2D eigenvalue weighted by Gasteiger charge is 2.36. The third-order valence-corrected chi connectivity index (χ3v) is 4.10.